The van der Waals surface area contributed by atoms with Crippen molar-refractivity contribution in [1.29, 1.82) is 0 Å². The number of nitrogens with two attached hydrogens (primary N) is 1. The average molecular weight is 277 g/mol. The van der Waals surface area contributed by atoms with Crippen molar-refractivity contribution in [3.63, 3.8) is 0 Å². The van der Waals surface area contributed by atoms with Crippen LogP contribution in [0.4, 0.5) is 5.69 Å². The summed E-state index contributed by atoms with van der Waals surface area (Å²) in [5.74, 6) is -0.298. The van der Waals surface area contributed by atoms with Gasteiger partial charge in [0.1, 0.15) is 0 Å². The maximum absolute atomic E-state index is 11.7. The molecule has 0 aliphatic carbocycles. The molecule has 0 heterocycles. The summed E-state index contributed by atoms with van der Waals surface area (Å²) in [4.78, 5) is 11.7. The number of hydrogen-bond acceptors (Lipinski definition) is 3. The minimum atomic E-state index is -0.297. The number of amides is 1. The molecule has 6 heteroatoms. The second-order valence-electron chi connectivity index (χ2n) is 3.85. The van der Waals surface area contributed by atoms with Crippen molar-refractivity contribution in [2.75, 3.05) is 18.9 Å². The van der Waals surface area contributed by atoms with E-state index in [1.165, 1.54) is 12.1 Å². The van der Waals surface area contributed by atoms with Gasteiger partial charge < -0.3 is 16.2 Å². The predicted octanol–water partition coefficient (Wildman–Crippen LogP) is 1.93. The lowest BCUT2D eigenvalue weighted by molar-refractivity contribution is 0.0942. The molecule has 17 heavy (non-hydrogen) atoms. The van der Waals surface area contributed by atoms with Crippen LogP contribution in [0.1, 0.15) is 17.3 Å². The van der Waals surface area contributed by atoms with Crippen molar-refractivity contribution in [2.24, 2.45) is 5.92 Å². The minimum absolute atomic E-state index is 0.00123. The smallest absolute Gasteiger partial charge is 0.251 e. The first-order valence-corrected chi connectivity index (χ1v) is 5.85. The highest BCUT2D eigenvalue weighted by Crippen LogP contribution is 2.28. The van der Waals surface area contributed by atoms with E-state index in [-0.39, 0.29) is 34.2 Å². The van der Waals surface area contributed by atoms with Gasteiger partial charge in [-0.15, -0.1) is 0 Å². The largest absolute Gasteiger partial charge is 0.396 e. The van der Waals surface area contributed by atoms with Crippen LogP contribution in [0, 0.1) is 5.92 Å². The number of rotatable bonds is 4. The van der Waals surface area contributed by atoms with Crippen LogP contribution in [-0.4, -0.2) is 24.2 Å². The van der Waals surface area contributed by atoms with Gasteiger partial charge in [-0.25, -0.2) is 0 Å². The van der Waals surface area contributed by atoms with Crippen molar-refractivity contribution in [1.82, 2.24) is 5.32 Å². The van der Waals surface area contributed by atoms with Gasteiger partial charge in [0, 0.05) is 18.7 Å². The molecular formula is C11H14Cl2N2O2. The van der Waals surface area contributed by atoms with Crippen LogP contribution < -0.4 is 11.1 Å². The molecule has 94 valence electrons. The quantitative estimate of drug-likeness (QED) is 0.736. The highest BCUT2D eigenvalue weighted by molar-refractivity contribution is 6.39. The fraction of sp³-hybridized carbons (Fsp3) is 0.364. The maximum atomic E-state index is 11.7. The van der Waals surface area contributed by atoms with Crippen LogP contribution in [-0.2, 0) is 0 Å². The molecule has 0 bridgehead atoms. The van der Waals surface area contributed by atoms with E-state index in [4.69, 9.17) is 34.0 Å². The third-order valence-electron chi connectivity index (χ3n) is 2.26. The Labute approximate surface area is 110 Å². The Kier molecular flexibility index (Phi) is 5.05. The van der Waals surface area contributed by atoms with Crippen LogP contribution in [0.25, 0.3) is 0 Å². The number of anilines is 1. The molecule has 0 aliphatic rings. The van der Waals surface area contributed by atoms with Gasteiger partial charge in [0.15, 0.2) is 0 Å². The zero-order valence-electron chi connectivity index (χ0n) is 9.34. The fourth-order valence-electron chi connectivity index (χ4n) is 1.15. The summed E-state index contributed by atoms with van der Waals surface area (Å²) in [6.07, 6.45) is 0. The monoisotopic (exact) mass is 276 g/mol. The molecule has 4 N–H and O–H groups in total. The van der Waals surface area contributed by atoms with Crippen LogP contribution in [0.15, 0.2) is 12.1 Å². The topological polar surface area (TPSA) is 75.3 Å². The Bertz CT molecular complexity index is 401. The normalized spacial score (nSPS) is 12.2. The Morgan fingerprint density at radius 3 is 2.47 bits per heavy atom. The highest BCUT2D eigenvalue weighted by Gasteiger charge is 2.11. The van der Waals surface area contributed by atoms with E-state index in [9.17, 15) is 4.79 Å². The van der Waals surface area contributed by atoms with Crippen LogP contribution in [0.5, 0.6) is 0 Å². The average Bonchev–Trinajstić information content (AvgIpc) is 2.31. The summed E-state index contributed by atoms with van der Waals surface area (Å²) in [5.41, 5.74) is 6.17. The van der Waals surface area contributed by atoms with E-state index in [1.54, 1.807) is 0 Å². The van der Waals surface area contributed by atoms with E-state index in [0.29, 0.717) is 12.1 Å². The van der Waals surface area contributed by atoms with Gasteiger partial charge in [0.05, 0.1) is 15.7 Å². The molecule has 0 radical (unpaired) electrons. The van der Waals surface area contributed by atoms with E-state index in [2.05, 4.69) is 5.32 Å². The Hall–Kier alpha value is -0.970. The van der Waals surface area contributed by atoms with E-state index >= 15 is 0 Å². The summed E-state index contributed by atoms with van der Waals surface area (Å²) < 4.78 is 0. The molecular weight excluding hydrogens is 263 g/mol. The maximum Gasteiger partial charge on any atom is 0.251 e. The lowest BCUT2D eigenvalue weighted by Crippen LogP contribution is -2.29. The lowest BCUT2D eigenvalue weighted by Gasteiger charge is -2.10. The number of benzene rings is 1. The Morgan fingerprint density at radius 2 is 2.00 bits per heavy atom. The zero-order valence-corrected chi connectivity index (χ0v) is 10.8. The molecule has 0 aromatic heterocycles. The summed E-state index contributed by atoms with van der Waals surface area (Å²) in [5, 5.41) is 12.0. The van der Waals surface area contributed by atoms with Crippen LogP contribution in [0.3, 0.4) is 0 Å². The van der Waals surface area contributed by atoms with E-state index < -0.39 is 0 Å². The van der Waals surface area contributed by atoms with Gasteiger partial charge in [-0.05, 0) is 18.1 Å². The number of hydrogen-bond donors (Lipinski definition) is 3. The Morgan fingerprint density at radius 1 is 1.47 bits per heavy atom. The molecule has 1 aromatic carbocycles. The molecule has 0 saturated carbocycles. The number of aliphatic hydroxyl groups excluding tert-OH is 1. The standard InChI is InChI=1S/C11H14Cl2N2O2/c1-6(5-16)4-15-11(17)7-2-8(12)10(14)9(13)3-7/h2-3,6,16H,4-5,14H2,1H3,(H,15,17). The predicted molar refractivity (Wildman–Crippen MR) is 69.5 cm³/mol. The first-order chi connectivity index (χ1) is 7.95. The van der Waals surface area contributed by atoms with Gasteiger partial charge >= 0.3 is 0 Å². The number of carbonyl (C=O) groups is 1. The van der Waals surface area contributed by atoms with Gasteiger partial charge in [0.25, 0.3) is 5.91 Å². The van der Waals surface area contributed by atoms with Gasteiger partial charge in [-0.1, -0.05) is 30.1 Å². The van der Waals surface area contributed by atoms with Crippen molar-refractivity contribution in [3.8, 4) is 0 Å². The first kappa shape index (κ1) is 14.1. The van der Waals surface area contributed by atoms with Gasteiger partial charge in [-0.3, -0.25) is 4.79 Å². The van der Waals surface area contributed by atoms with E-state index in [1.807, 2.05) is 6.92 Å². The molecule has 0 saturated heterocycles. The summed E-state index contributed by atoms with van der Waals surface area (Å²) in [6.45, 7) is 2.22. The number of nitrogen functional groups attached to an aromatic ring is 1. The molecule has 0 aliphatic heterocycles. The summed E-state index contributed by atoms with van der Waals surface area (Å²) in [6, 6.07) is 2.92. The summed E-state index contributed by atoms with van der Waals surface area (Å²) >= 11 is 11.6. The number of aliphatic hydroxyl groups is 1. The molecule has 1 rings (SSSR count). The lowest BCUT2D eigenvalue weighted by atomic mass is 10.1. The molecule has 4 nitrogen and oxygen atoms in total. The molecule has 1 aromatic rings. The van der Waals surface area contributed by atoms with Crippen molar-refractivity contribution < 1.29 is 9.90 Å². The van der Waals surface area contributed by atoms with Crippen molar-refractivity contribution >= 4 is 34.8 Å². The zero-order chi connectivity index (χ0) is 13.0. The first-order valence-electron chi connectivity index (χ1n) is 5.09. The highest BCUT2D eigenvalue weighted by atomic mass is 35.5. The second-order valence-corrected chi connectivity index (χ2v) is 4.67. The molecule has 1 unspecified atom stereocenters. The Balaban J connectivity index is 2.76. The third-order valence-corrected chi connectivity index (χ3v) is 2.89. The van der Waals surface area contributed by atoms with E-state index in [0.717, 1.165) is 0 Å². The SMILES string of the molecule is CC(CO)CNC(=O)c1cc(Cl)c(N)c(Cl)c1. The molecule has 0 spiro atoms. The number of carbonyl (C=O) groups excluding carboxylic acids is 1. The second kappa shape index (κ2) is 6.10. The minimum Gasteiger partial charge on any atom is -0.396 e. The third kappa shape index (κ3) is 3.77. The van der Waals surface area contributed by atoms with Crippen LogP contribution >= 0.6 is 23.2 Å². The molecule has 0 fully saturated rings. The summed E-state index contributed by atoms with van der Waals surface area (Å²) in [7, 11) is 0. The van der Waals surface area contributed by atoms with Crippen LogP contribution in [0.2, 0.25) is 10.0 Å². The van der Waals surface area contributed by atoms with Crippen molar-refractivity contribution in [2.45, 2.75) is 6.92 Å². The van der Waals surface area contributed by atoms with Gasteiger partial charge in [0.2, 0.25) is 0 Å². The molecule has 1 atom stereocenters. The fourth-order valence-corrected chi connectivity index (χ4v) is 1.64. The number of halogens is 2. The molecule has 1 amide bonds. The van der Waals surface area contributed by atoms with Crippen molar-refractivity contribution in [3.05, 3.63) is 27.7 Å². The van der Waals surface area contributed by atoms with Gasteiger partial charge in [-0.2, -0.15) is 0 Å². The number of nitrogens with one attached hydrogen (secondary N) is 1.